The van der Waals surface area contributed by atoms with Gasteiger partial charge in [-0.25, -0.2) is 4.98 Å². The van der Waals surface area contributed by atoms with Crippen LogP contribution in [0.4, 0.5) is 11.6 Å². The molecular weight excluding hydrogens is 200 g/mol. The Labute approximate surface area is 98.1 Å². The summed E-state index contributed by atoms with van der Waals surface area (Å²) >= 11 is 0. The van der Waals surface area contributed by atoms with E-state index in [2.05, 4.69) is 41.0 Å². The molecule has 0 saturated carbocycles. The predicted molar refractivity (Wildman–Crippen MR) is 68.9 cm³/mol. The number of nitrogens with one attached hydrogen (secondary N) is 1. The molecule has 0 radical (unpaired) electrons. The van der Waals surface area contributed by atoms with Gasteiger partial charge >= 0.3 is 0 Å². The van der Waals surface area contributed by atoms with Crippen LogP contribution in [0.5, 0.6) is 0 Å². The van der Waals surface area contributed by atoms with Gasteiger partial charge in [0.2, 0.25) is 0 Å². The van der Waals surface area contributed by atoms with Gasteiger partial charge in [-0.2, -0.15) is 0 Å². The van der Waals surface area contributed by atoms with E-state index in [9.17, 15) is 0 Å². The standard InChI is InChI=1S/C12H22N4/c1-5-6-14-11-7-13-8-12(15-11)16(4)9-10(2)3/h7-8,10H,5-6,9H2,1-4H3,(H,14,15). The van der Waals surface area contributed by atoms with Crippen LogP contribution in [0.25, 0.3) is 0 Å². The van der Waals surface area contributed by atoms with Gasteiger partial charge in [0, 0.05) is 20.1 Å². The zero-order chi connectivity index (χ0) is 12.0. The molecule has 0 aliphatic rings. The molecule has 1 N–H and O–H groups in total. The van der Waals surface area contributed by atoms with Crippen molar-refractivity contribution < 1.29 is 0 Å². The molecule has 0 aromatic carbocycles. The van der Waals surface area contributed by atoms with Crippen LogP contribution in [0.2, 0.25) is 0 Å². The summed E-state index contributed by atoms with van der Waals surface area (Å²) in [4.78, 5) is 10.8. The molecule has 0 aliphatic heterocycles. The molecule has 0 bridgehead atoms. The molecule has 16 heavy (non-hydrogen) atoms. The maximum atomic E-state index is 4.52. The van der Waals surface area contributed by atoms with Crippen molar-refractivity contribution in [2.45, 2.75) is 27.2 Å². The van der Waals surface area contributed by atoms with Crippen LogP contribution < -0.4 is 10.2 Å². The fraction of sp³-hybridized carbons (Fsp3) is 0.667. The summed E-state index contributed by atoms with van der Waals surface area (Å²) in [5, 5.41) is 3.24. The fourth-order valence-corrected chi connectivity index (χ4v) is 1.52. The molecule has 1 aromatic heterocycles. The smallest absolute Gasteiger partial charge is 0.149 e. The molecule has 90 valence electrons. The van der Waals surface area contributed by atoms with Gasteiger partial charge in [0.15, 0.2) is 0 Å². The lowest BCUT2D eigenvalue weighted by Gasteiger charge is -2.20. The molecule has 4 heteroatoms. The fourth-order valence-electron chi connectivity index (χ4n) is 1.52. The van der Waals surface area contributed by atoms with Crippen molar-refractivity contribution in [3.8, 4) is 0 Å². The van der Waals surface area contributed by atoms with Gasteiger partial charge in [0.25, 0.3) is 0 Å². The van der Waals surface area contributed by atoms with Crippen LogP contribution >= 0.6 is 0 Å². The van der Waals surface area contributed by atoms with Gasteiger partial charge in [0.05, 0.1) is 12.4 Å². The zero-order valence-corrected chi connectivity index (χ0v) is 10.7. The molecule has 0 aliphatic carbocycles. The number of aromatic nitrogens is 2. The Bertz CT molecular complexity index is 312. The monoisotopic (exact) mass is 222 g/mol. The van der Waals surface area contributed by atoms with Gasteiger partial charge in [0.1, 0.15) is 11.6 Å². The summed E-state index contributed by atoms with van der Waals surface area (Å²) in [6.07, 6.45) is 4.66. The van der Waals surface area contributed by atoms with Crippen LogP contribution in [-0.4, -0.2) is 30.1 Å². The molecular formula is C12H22N4. The topological polar surface area (TPSA) is 41.1 Å². The zero-order valence-electron chi connectivity index (χ0n) is 10.7. The van der Waals surface area contributed by atoms with E-state index < -0.39 is 0 Å². The summed E-state index contributed by atoms with van der Waals surface area (Å²) in [5.41, 5.74) is 0. The Balaban J connectivity index is 2.65. The van der Waals surface area contributed by atoms with Crippen LogP contribution in [-0.2, 0) is 0 Å². The quantitative estimate of drug-likeness (QED) is 0.802. The van der Waals surface area contributed by atoms with E-state index in [0.717, 1.165) is 31.1 Å². The lowest BCUT2D eigenvalue weighted by atomic mass is 10.2. The van der Waals surface area contributed by atoms with Crippen molar-refractivity contribution in [1.29, 1.82) is 0 Å². The second kappa shape index (κ2) is 6.30. The molecule has 4 nitrogen and oxygen atoms in total. The lowest BCUT2D eigenvalue weighted by molar-refractivity contribution is 0.634. The van der Waals surface area contributed by atoms with Gasteiger partial charge < -0.3 is 10.2 Å². The second-order valence-electron chi connectivity index (χ2n) is 4.46. The predicted octanol–water partition coefficient (Wildman–Crippen LogP) is 2.39. The van der Waals surface area contributed by atoms with E-state index in [0.29, 0.717) is 5.92 Å². The molecule has 0 unspecified atom stereocenters. The van der Waals surface area contributed by atoms with E-state index in [-0.39, 0.29) is 0 Å². The minimum atomic E-state index is 0.624. The van der Waals surface area contributed by atoms with Crippen LogP contribution in [0.15, 0.2) is 12.4 Å². The Kier molecular flexibility index (Phi) is 5.02. The SMILES string of the molecule is CCCNc1cncc(N(C)CC(C)C)n1. The van der Waals surface area contributed by atoms with Crippen molar-refractivity contribution in [3.63, 3.8) is 0 Å². The average Bonchev–Trinajstić information content (AvgIpc) is 2.26. The molecule has 0 fully saturated rings. The van der Waals surface area contributed by atoms with Crippen LogP contribution in [0, 0.1) is 5.92 Å². The maximum absolute atomic E-state index is 4.52. The highest BCUT2D eigenvalue weighted by molar-refractivity contribution is 5.43. The van der Waals surface area contributed by atoms with Gasteiger partial charge in [-0.1, -0.05) is 20.8 Å². The van der Waals surface area contributed by atoms with Gasteiger partial charge in [-0.05, 0) is 12.3 Å². The largest absolute Gasteiger partial charge is 0.369 e. The van der Waals surface area contributed by atoms with E-state index in [1.165, 1.54) is 0 Å². The minimum Gasteiger partial charge on any atom is -0.369 e. The summed E-state index contributed by atoms with van der Waals surface area (Å²) in [7, 11) is 2.05. The Hall–Kier alpha value is -1.32. The third-order valence-corrected chi connectivity index (χ3v) is 2.21. The number of anilines is 2. The first-order chi connectivity index (χ1) is 7.63. The molecule has 0 saturated heterocycles. The summed E-state index contributed by atoms with van der Waals surface area (Å²) in [5.74, 6) is 2.41. The van der Waals surface area contributed by atoms with Gasteiger partial charge in [-0.3, -0.25) is 4.98 Å². The van der Waals surface area contributed by atoms with E-state index >= 15 is 0 Å². The highest BCUT2D eigenvalue weighted by atomic mass is 15.2. The number of hydrogen-bond acceptors (Lipinski definition) is 4. The molecule has 0 amide bonds. The van der Waals surface area contributed by atoms with E-state index in [4.69, 9.17) is 0 Å². The Morgan fingerprint density at radius 3 is 2.75 bits per heavy atom. The molecule has 0 atom stereocenters. The van der Waals surface area contributed by atoms with Crippen molar-refractivity contribution in [2.75, 3.05) is 30.4 Å². The summed E-state index contributed by atoms with van der Waals surface area (Å²) in [6, 6.07) is 0. The first-order valence-electron chi connectivity index (χ1n) is 5.90. The van der Waals surface area contributed by atoms with Crippen LogP contribution in [0.3, 0.4) is 0 Å². The third kappa shape index (κ3) is 4.04. The molecule has 1 rings (SSSR count). The van der Waals surface area contributed by atoms with Crippen molar-refractivity contribution >= 4 is 11.6 Å². The van der Waals surface area contributed by atoms with Crippen LogP contribution in [0.1, 0.15) is 27.2 Å². The van der Waals surface area contributed by atoms with Crippen molar-refractivity contribution in [2.24, 2.45) is 5.92 Å². The number of rotatable bonds is 6. The number of nitrogens with zero attached hydrogens (tertiary/aromatic N) is 3. The van der Waals surface area contributed by atoms with Crippen molar-refractivity contribution in [3.05, 3.63) is 12.4 Å². The molecule has 1 aromatic rings. The molecule has 1 heterocycles. The van der Waals surface area contributed by atoms with E-state index in [1.54, 1.807) is 12.4 Å². The Morgan fingerprint density at radius 2 is 2.12 bits per heavy atom. The van der Waals surface area contributed by atoms with Gasteiger partial charge in [-0.15, -0.1) is 0 Å². The number of hydrogen-bond donors (Lipinski definition) is 1. The van der Waals surface area contributed by atoms with E-state index in [1.807, 2.05) is 7.05 Å². The maximum Gasteiger partial charge on any atom is 0.149 e. The summed E-state index contributed by atoms with van der Waals surface area (Å²) < 4.78 is 0. The Morgan fingerprint density at radius 1 is 1.38 bits per heavy atom. The average molecular weight is 222 g/mol. The minimum absolute atomic E-state index is 0.624. The molecule has 0 spiro atoms. The highest BCUT2D eigenvalue weighted by Crippen LogP contribution is 2.12. The lowest BCUT2D eigenvalue weighted by Crippen LogP contribution is -2.23. The second-order valence-corrected chi connectivity index (χ2v) is 4.46. The normalized spacial score (nSPS) is 10.6. The first kappa shape index (κ1) is 12.7. The third-order valence-electron chi connectivity index (χ3n) is 2.21. The first-order valence-corrected chi connectivity index (χ1v) is 5.90. The van der Waals surface area contributed by atoms with Crippen molar-refractivity contribution in [1.82, 2.24) is 9.97 Å². The highest BCUT2D eigenvalue weighted by Gasteiger charge is 2.05. The summed E-state index contributed by atoms with van der Waals surface area (Å²) in [6.45, 7) is 8.46.